The van der Waals surface area contributed by atoms with Crippen LogP contribution in [0.25, 0.3) is 0 Å². The van der Waals surface area contributed by atoms with E-state index in [2.05, 4.69) is 15.2 Å². The Morgan fingerprint density at radius 1 is 1.05 bits per heavy atom. The highest BCUT2D eigenvalue weighted by atomic mass is 127. The summed E-state index contributed by atoms with van der Waals surface area (Å²) >= 11 is 0. The first-order valence-electron chi connectivity index (χ1n) is 8.62. The molecule has 0 aromatic heterocycles. The molecule has 4 nitrogen and oxygen atoms in total. The maximum atomic E-state index is 6.07. The van der Waals surface area contributed by atoms with Crippen LogP contribution in [0.2, 0.25) is 0 Å². The molecule has 5 heteroatoms. The number of rotatable bonds is 4. The molecular weight excluding hydrogens is 375 g/mol. The van der Waals surface area contributed by atoms with Crippen molar-refractivity contribution in [2.45, 2.75) is 69.9 Å². The van der Waals surface area contributed by atoms with E-state index >= 15 is 0 Å². The number of hydrogen-bond acceptors (Lipinski definition) is 2. The molecule has 122 valence electrons. The first-order chi connectivity index (χ1) is 9.81. The Balaban J connectivity index is 0.00000161. The number of nitrogens with one attached hydrogen (secondary N) is 1. The van der Waals surface area contributed by atoms with Gasteiger partial charge in [0.15, 0.2) is 5.96 Å². The molecule has 0 aromatic carbocycles. The van der Waals surface area contributed by atoms with Crippen molar-refractivity contribution < 1.29 is 0 Å². The number of likely N-dealkylation sites (tertiary alicyclic amines) is 1. The molecule has 3 fully saturated rings. The quantitative estimate of drug-likeness (QED) is 0.327. The number of nitrogens with zero attached hydrogens (tertiary/aromatic N) is 2. The van der Waals surface area contributed by atoms with Crippen molar-refractivity contribution in [3.05, 3.63) is 0 Å². The fourth-order valence-electron chi connectivity index (χ4n) is 3.69. The van der Waals surface area contributed by atoms with Gasteiger partial charge in [0, 0.05) is 25.2 Å². The Hall–Kier alpha value is -0.0400. The third-order valence-electron chi connectivity index (χ3n) is 5.11. The van der Waals surface area contributed by atoms with Gasteiger partial charge < -0.3 is 16.0 Å². The standard InChI is InChI=1S/C16H30N4.HI/c17-16(19-14-5-3-1-2-4-6-14)18-11-13-9-10-20(12-13)15-7-8-15;/h13-15H,1-12H2,(H3,17,18,19);1H. The fraction of sp³-hybridized carbons (Fsp3) is 0.938. The Kier molecular flexibility index (Phi) is 7.05. The van der Waals surface area contributed by atoms with E-state index in [-0.39, 0.29) is 24.0 Å². The van der Waals surface area contributed by atoms with E-state index in [0.717, 1.165) is 18.5 Å². The summed E-state index contributed by atoms with van der Waals surface area (Å²) in [6.45, 7) is 3.43. The number of aliphatic imine (C=N–C) groups is 1. The molecule has 0 amide bonds. The van der Waals surface area contributed by atoms with Gasteiger partial charge in [0.1, 0.15) is 0 Å². The monoisotopic (exact) mass is 406 g/mol. The van der Waals surface area contributed by atoms with Crippen LogP contribution in [-0.2, 0) is 0 Å². The van der Waals surface area contributed by atoms with Gasteiger partial charge in [0.2, 0.25) is 0 Å². The second kappa shape index (κ2) is 8.56. The minimum atomic E-state index is 0. The molecule has 21 heavy (non-hydrogen) atoms. The van der Waals surface area contributed by atoms with Crippen LogP contribution in [0.4, 0.5) is 0 Å². The summed E-state index contributed by atoms with van der Waals surface area (Å²) in [6.07, 6.45) is 12.1. The van der Waals surface area contributed by atoms with Gasteiger partial charge in [-0.15, -0.1) is 24.0 Å². The third-order valence-corrected chi connectivity index (χ3v) is 5.11. The highest BCUT2D eigenvalue weighted by molar-refractivity contribution is 14.0. The third kappa shape index (κ3) is 5.58. The summed E-state index contributed by atoms with van der Waals surface area (Å²) in [7, 11) is 0. The lowest BCUT2D eigenvalue weighted by Crippen LogP contribution is -2.40. The highest BCUT2D eigenvalue weighted by Gasteiger charge is 2.34. The Labute approximate surface area is 146 Å². The SMILES string of the molecule is I.NC(=NCC1CCN(C2CC2)C1)NC1CCCCCC1. The van der Waals surface area contributed by atoms with Crippen molar-refractivity contribution in [3.63, 3.8) is 0 Å². The summed E-state index contributed by atoms with van der Waals surface area (Å²) in [5.74, 6) is 1.41. The van der Waals surface area contributed by atoms with Gasteiger partial charge in [-0.05, 0) is 44.6 Å². The van der Waals surface area contributed by atoms with Crippen molar-refractivity contribution in [3.8, 4) is 0 Å². The van der Waals surface area contributed by atoms with Crippen molar-refractivity contribution in [1.82, 2.24) is 10.2 Å². The minimum Gasteiger partial charge on any atom is -0.370 e. The number of nitrogens with two attached hydrogens (primary N) is 1. The predicted molar refractivity (Wildman–Crippen MR) is 99.2 cm³/mol. The van der Waals surface area contributed by atoms with Crippen molar-refractivity contribution in [2.24, 2.45) is 16.6 Å². The fourth-order valence-corrected chi connectivity index (χ4v) is 3.69. The normalized spacial score (nSPS) is 29.0. The second-order valence-electron chi connectivity index (χ2n) is 6.94. The van der Waals surface area contributed by atoms with Gasteiger partial charge in [0.05, 0.1) is 0 Å². The Morgan fingerprint density at radius 3 is 2.43 bits per heavy atom. The first-order valence-corrected chi connectivity index (χ1v) is 8.62. The molecule has 0 aromatic rings. The molecule has 1 aliphatic heterocycles. The zero-order chi connectivity index (χ0) is 13.8. The average Bonchev–Trinajstić information content (AvgIpc) is 3.23. The Morgan fingerprint density at radius 2 is 1.76 bits per heavy atom. The van der Waals surface area contributed by atoms with Gasteiger partial charge in [-0.3, -0.25) is 4.99 Å². The zero-order valence-electron chi connectivity index (χ0n) is 13.1. The molecule has 3 N–H and O–H groups in total. The molecular formula is C16H31IN4. The van der Waals surface area contributed by atoms with Gasteiger partial charge in [0.25, 0.3) is 0 Å². The number of hydrogen-bond donors (Lipinski definition) is 2. The summed E-state index contributed by atoms with van der Waals surface area (Å²) in [5, 5.41) is 3.44. The highest BCUT2D eigenvalue weighted by Crippen LogP contribution is 2.31. The molecule has 1 unspecified atom stereocenters. The predicted octanol–water partition coefficient (Wildman–Crippen LogP) is 2.72. The van der Waals surface area contributed by atoms with Crippen LogP contribution in [0.15, 0.2) is 4.99 Å². The molecule has 1 saturated heterocycles. The smallest absolute Gasteiger partial charge is 0.188 e. The largest absolute Gasteiger partial charge is 0.370 e. The Bertz CT molecular complexity index is 335. The second-order valence-corrected chi connectivity index (χ2v) is 6.94. The van der Waals surface area contributed by atoms with Crippen molar-refractivity contribution in [2.75, 3.05) is 19.6 Å². The molecule has 3 aliphatic rings. The van der Waals surface area contributed by atoms with Crippen molar-refractivity contribution in [1.29, 1.82) is 0 Å². The van der Waals surface area contributed by atoms with Crippen LogP contribution in [0.1, 0.15) is 57.8 Å². The van der Waals surface area contributed by atoms with Crippen LogP contribution in [0.5, 0.6) is 0 Å². The molecule has 1 atom stereocenters. The van der Waals surface area contributed by atoms with E-state index in [1.807, 2.05) is 0 Å². The molecule has 0 bridgehead atoms. The topological polar surface area (TPSA) is 53.6 Å². The van der Waals surface area contributed by atoms with Crippen molar-refractivity contribution >= 4 is 29.9 Å². The minimum absolute atomic E-state index is 0. The molecule has 3 rings (SSSR count). The average molecular weight is 406 g/mol. The van der Waals surface area contributed by atoms with Crippen LogP contribution in [0.3, 0.4) is 0 Å². The van der Waals surface area contributed by atoms with E-state index in [0.29, 0.717) is 12.0 Å². The number of guanidine groups is 1. The number of halogens is 1. The van der Waals surface area contributed by atoms with Gasteiger partial charge in [-0.1, -0.05) is 25.7 Å². The lowest BCUT2D eigenvalue weighted by atomic mass is 10.1. The van der Waals surface area contributed by atoms with E-state index in [9.17, 15) is 0 Å². The molecule has 0 radical (unpaired) electrons. The first kappa shape index (κ1) is 17.3. The lowest BCUT2D eigenvalue weighted by molar-refractivity contribution is 0.315. The lowest BCUT2D eigenvalue weighted by Gasteiger charge is -2.17. The van der Waals surface area contributed by atoms with Crippen LogP contribution >= 0.6 is 24.0 Å². The summed E-state index contributed by atoms with van der Waals surface area (Å²) in [5.41, 5.74) is 6.07. The van der Waals surface area contributed by atoms with Gasteiger partial charge in [-0.25, -0.2) is 0 Å². The van der Waals surface area contributed by atoms with Gasteiger partial charge >= 0.3 is 0 Å². The van der Waals surface area contributed by atoms with Crippen LogP contribution in [0, 0.1) is 5.92 Å². The summed E-state index contributed by atoms with van der Waals surface area (Å²) in [4.78, 5) is 7.25. The summed E-state index contributed by atoms with van der Waals surface area (Å²) < 4.78 is 0. The van der Waals surface area contributed by atoms with E-state index in [4.69, 9.17) is 5.73 Å². The van der Waals surface area contributed by atoms with Crippen LogP contribution < -0.4 is 11.1 Å². The molecule has 2 saturated carbocycles. The molecule has 1 heterocycles. The van der Waals surface area contributed by atoms with Gasteiger partial charge in [-0.2, -0.15) is 0 Å². The maximum Gasteiger partial charge on any atom is 0.188 e. The summed E-state index contributed by atoms with van der Waals surface area (Å²) in [6, 6.07) is 1.47. The van der Waals surface area contributed by atoms with Crippen LogP contribution in [-0.4, -0.2) is 42.6 Å². The van der Waals surface area contributed by atoms with E-state index in [1.165, 1.54) is 70.9 Å². The van der Waals surface area contributed by atoms with E-state index < -0.39 is 0 Å². The maximum absolute atomic E-state index is 6.07. The van der Waals surface area contributed by atoms with E-state index in [1.54, 1.807) is 0 Å². The zero-order valence-corrected chi connectivity index (χ0v) is 15.4. The molecule has 0 spiro atoms. The molecule has 2 aliphatic carbocycles.